The molecule has 1 spiro atoms. The highest BCUT2D eigenvalue weighted by Gasteiger charge is 2.94. The molecule has 7 nitrogen and oxygen atoms in total. The zero-order valence-electron chi connectivity index (χ0n) is 15.5. The summed E-state index contributed by atoms with van der Waals surface area (Å²) in [6.45, 7) is 1.07. The number of fused-ring (bicyclic) bond motifs is 2. The predicted octanol–water partition coefficient (Wildman–Crippen LogP) is 2.45. The first kappa shape index (κ1) is 17.7. The number of hydrogen-bond donors (Lipinski definition) is 1. The summed E-state index contributed by atoms with van der Waals surface area (Å²) < 4.78 is 17.3. The van der Waals surface area contributed by atoms with E-state index in [0.717, 1.165) is 11.1 Å². The van der Waals surface area contributed by atoms with Gasteiger partial charge in [-0.1, -0.05) is 42.5 Å². The molecule has 2 aromatic rings. The number of benzene rings is 2. The van der Waals surface area contributed by atoms with Crippen molar-refractivity contribution >= 4 is 5.84 Å². The van der Waals surface area contributed by atoms with Crippen LogP contribution in [-0.2, 0) is 16.1 Å². The Balaban J connectivity index is 1.44. The average molecular weight is 386 g/mol. The molecule has 5 rings (SSSR count). The molecule has 2 fully saturated rings. The van der Waals surface area contributed by atoms with Gasteiger partial charge >= 0.3 is 0 Å². The van der Waals surface area contributed by atoms with Crippen molar-refractivity contribution in [1.29, 1.82) is 10.5 Å². The minimum Gasteiger partial charge on any atom is -0.489 e. The van der Waals surface area contributed by atoms with Crippen LogP contribution in [0.25, 0.3) is 0 Å². The molecule has 1 aliphatic carbocycles. The van der Waals surface area contributed by atoms with Crippen molar-refractivity contribution in [2.75, 3.05) is 13.2 Å². The lowest BCUT2D eigenvalue weighted by molar-refractivity contribution is -0.184. The normalized spacial score (nSPS) is 30.8. The quantitative estimate of drug-likeness (QED) is 0.863. The molecule has 3 atom stereocenters. The van der Waals surface area contributed by atoms with E-state index in [2.05, 4.69) is 17.1 Å². The monoisotopic (exact) mass is 386 g/mol. The van der Waals surface area contributed by atoms with E-state index in [0.29, 0.717) is 25.6 Å². The molecule has 0 aromatic heterocycles. The van der Waals surface area contributed by atoms with Gasteiger partial charge in [0.15, 0.2) is 5.41 Å². The van der Waals surface area contributed by atoms with Crippen molar-refractivity contribution in [3.8, 4) is 17.9 Å². The molecule has 0 bridgehead atoms. The summed E-state index contributed by atoms with van der Waals surface area (Å²) in [7, 11) is 0. The van der Waals surface area contributed by atoms with E-state index in [1.54, 1.807) is 0 Å². The van der Waals surface area contributed by atoms with Crippen LogP contribution in [0, 0.1) is 33.5 Å². The van der Waals surface area contributed by atoms with Crippen molar-refractivity contribution in [3.05, 3.63) is 65.7 Å². The Morgan fingerprint density at radius 1 is 1.03 bits per heavy atom. The summed E-state index contributed by atoms with van der Waals surface area (Å²) in [5, 5.41) is 20.1. The van der Waals surface area contributed by atoms with Gasteiger partial charge in [0.2, 0.25) is 0 Å². The lowest BCUT2D eigenvalue weighted by Gasteiger charge is -2.25. The van der Waals surface area contributed by atoms with Gasteiger partial charge in [-0.3, -0.25) is 0 Å². The molecule has 2 aromatic carbocycles. The fraction of sp³-hybridized carbons (Fsp3) is 0.318. The first-order chi connectivity index (χ1) is 14.1. The lowest BCUT2D eigenvalue weighted by atomic mass is 9.94. The van der Waals surface area contributed by atoms with Crippen molar-refractivity contribution < 1.29 is 14.2 Å². The number of nitriles is 2. The van der Waals surface area contributed by atoms with Gasteiger partial charge in [0.25, 0.3) is 5.91 Å². The van der Waals surface area contributed by atoms with Gasteiger partial charge in [-0.25, -0.2) is 4.99 Å². The van der Waals surface area contributed by atoms with Crippen LogP contribution in [0.5, 0.6) is 5.75 Å². The Hall–Kier alpha value is -3.39. The van der Waals surface area contributed by atoms with Crippen molar-refractivity contribution in [2.24, 2.45) is 21.6 Å². The number of ether oxygens (including phenoxy) is 3. The molecule has 0 amide bonds. The highest BCUT2D eigenvalue weighted by Crippen LogP contribution is 2.82. The zero-order valence-corrected chi connectivity index (χ0v) is 15.5. The van der Waals surface area contributed by atoms with Crippen molar-refractivity contribution in [2.45, 2.75) is 18.4 Å². The first-order valence-corrected chi connectivity index (χ1v) is 9.36. The maximum absolute atomic E-state index is 10.1. The van der Waals surface area contributed by atoms with Gasteiger partial charge in [-0.05, 0) is 23.3 Å². The van der Waals surface area contributed by atoms with Gasteiger partial charge in [0.05, 0.1) is 25.4 Å². The van der Waals surface area contributed by atoms with Crippen LogP contribution in [0.15, 0.2) is 59.6 Å². The van der Waals surface area contributed by atoms with Crippen LogP contribution in [0.1, 0.15) is 17.0 Å². The van der Waals surface area contributed by atoms with Crippen LogP contribution in [0.4, 0.5) is 0 Å². The summed E-state index contributed by atoms with van der Waals surface area (Å²) in [6, 6.07) is 21.8. The fourth-order valence-electron chi connectivity index (χ4n) is 4.72. The van der Waals surface area contributed by atoms with Crippen LogP contribution in [0.2, 0.25) is 0 Å². The van der Waals surface area contributed by atoms with Crippen LogP contribution < -0.4 is 10.5 Å². The molecule has 1 saturated heterocycles. The molecule has 2 N–H and O–H groups in total. The number of aliphatic imine (C=N–C) groups is 1. The van der Waals surface area contributed by atoms with E-state index in [-0.39, 0.29) is 5.84 Å². The summed E-state index contributed by atoms with van der Waals surface area (Å²) in [4.78, 5) is 4.27. The third-order valence-electron chi connectivity index (χ3n) is 6.07. The summed E-state index contributed by atoms with van der Waals surface area (Å²) in [5.74, 6) is -1.19. The Morgan fingerprint density at radius 3 is 2.34 bits per heavy atom. The molecule has 7 heteroatoms. The van der Waals surface area contributed by atoms with E-state index in [4.69, 9.17) is 19.9 Å². The molecule has 3 aliphatic rings. The van der Waals surface area contributed by atoms with E-state index < -0.39 is 22.7 Å². The smallest absolute Gasteiger partial charge is 0.293 e. The van der Waals surface area contributed by atoms with E-state index >= 15 is 0 Å². The SMILES string of the molecule is N#C[C@@]12C(N)=NC3(OCCO3)[C@]1(C#N)[C@H]2c1ccc(OCc2ccccc2)cc1. The summed E-state index contributed by atoms with van der Waals surface area (Å²) >= 11 is 0. The number of rotatable bonds is 4. The van der Waals surface area contributed by atoms with Crippen molar-refractivity contribution in [3.63, 3.8) is 0 Å². The number of nitrogens with zero attached hydrogens (tertiary/aromatic N) is 3. The number of hydrogen-bond acceptors (Lipinski definition) is 7. The summed E-state index contributed by atoms with van der Waals surface area (Å²) in [6.07, 6.45) is 0. The maximum Gasteiger partial charge on any atom is 0.293 e. The molecule has 144 valence electrons. The molecule has 0 radical (unpaired) electrons. The second kappa shape index (κ2) is 6.05. The predicted molar refractivity (Wildman–Crippen MR) is 102 cm³/mol. The molecule has 1 saturated carbocycles. The minimum absolute atomic E-state index is 0.0952. The van der Waals surface area contributed by atoms with Crippen molar-refractivity contribution in [1.82, 2.24) is 0 Å². The Morgan fingerprint density at radius 2 is 1.72 bits per heavy atom. The van der Waals surface area contributed by atoms with Gasteiger partial charge in [-0.15, -0.1) is 0 Å². The lowest BCUT2D eigenvalue weighted by Crippen LogP contribution is -2.38. The van der Waals surface area contributed by atoms with E-state index in [1.165, 1.54) is 0 Å². The van der Waals surface area contributed by atoms with Crippen LogP contribution >= 0.6 is 0 Å². The number of nitrogens with two attached hydrogens (primary N) is 1. The van der Waals surface area contributed by atoms with E-state index in [9.17, 15) is 10.5 Å². The average Bonchev–Trinajstić information content (AvgIpc) is 3.01. The number of amidine groups is 1. The summed E-state index contributed by atoms with van der Waals surface area (Å²) in [5.41, 5.74) is 5.47. The standard InChI is InChI=1S/C22H18N4O3/c23-13-20-18(21(20,14-24)22(26-19(20)25)28-10-11-29-22)16-6-8-17(9-7-16)27-12-15-4-2-1-3-5-15/h1-9,18H,10-12H2,(H2,25,26)/t18-,20+,21+/m0/s1. The molecule has 29 heavy (non-hydrogen) atoms. The molecular formula is C22H18N4O3. The Bertz CT molecular complexity index is 1060. The fourth-order valence-corrected chi connectivity index (χ4v) is 4.72. The Kier molecular flexibility index (Phi) is 3.69. The zero-order chi connectivity index (χ0) is 20.1. The van der Waals surface area contributed by atoms with Gasteiger partial charge in [0, 0.05) is 5.92 Å². The van der Waals surface area contributed by atoms with Gasteiger partial charge < -0.3 is 19.9 Å². The third kappa shape index (κ3) is 2.09. The molecule has 2 aliphatic heterocycles. The third-order valence-corrected chi connectivity index (χ3v) is 6.07. The topological polar surface area (TPSA) is 114 Å². The molecule has 0 unspecified atom stereocenters. The first-order valence-electron chi connectivity index (χ1n) is 9.36. The Labute approximate surface area is 167 Å². The van der Waals surface area contributed by atoms with Gasteiger partial charge in [0.1, 0.15) is 23.6 Å². The second-order valence-corrected chi connectivity index (χ2v) is 7.39. The second-order valence-electron chi connectivity index (χ2n) is 7.39. The van der Waals surface area contributed by atoms with Crippen LogP contribution in [0.3, 0.4) is 0 Å². The largest absolute Gasteiger partial charge is 0.489 e. The highest BCUT2D eigenvalue weighted by atomic mass is 16.8. The molecule has 2 heterocycles. The van der Waals surface area contributed by atoms with Gasteiger partial charge in [-0.2, -0.15) is 10.5 Å². The van der Waals surface area contributed by atoms with E-state index in [1.807, 2.05) is 54.6 Å². The van der Waals surface area contributed by atoms with Crippen LogP contribution in [-0.4, -0.2) is 25.0 Å². The maximum atomic E-state index is 10.1. The highest BCUT2D eigenvalue weighted by molar-refractivity contribution is 6.00. The molecular weight excluding hydrogens is 368 g/mol. The minimum atomic E-state index is -1.51.